The number of carbonyl (C=O) groups is 1. The molecule has 0 unspecified atom stereocenters. The second-order valence-electron chi connectivity index (χ2n) is 4.74. The molecule has 0 saturated carbocycles. The molecule has 2 aromatic carbocycles. The van der Waals surface area contributed by atoms with Crippen LogP contribution < -0.4 is 10.5 Å². The van der Waals surface area contributed by atoms with Crippen LogP contribution in [0.25, 0.3) is 22.2 Å². The standard InChI is InChI=1S/C16H10Cl2N2O3/c17-9-3-1-8(2-4-9)14-13(19)15(23-16(21)22)11-7-10(18)5-6-12(11)20-14/h1-7H,19H2,(H,21,22). The summed E-state index contributed by atoms with van der Waals surface area (Å²) in [5, 5.41) is 10.4. The minimum Gasteiger partial charge on any atom is -0.449 e. The molecule has 5 nitrogen and oxygen atoms in total. The van der Waals surface area contributed by atoms with Crippen molar-refractivity contribution in [3.8, 4) is 17.0 Å². The monoisotopic (exact) mass is 348 g/mol. The zero-order valence-electron chi connectivity index (χ0n) is 11.6. The van der Waals surface area contributed by atoms with E-state index in [2.05, 4.69) is 4.98 Å². The number of hydrogen-bond acceptors (Lipinski definition) is 4. The van der Waals surface area contributed by atoms with Crippen LogP contribution >= 0.6 is 23.2 Å². The quantitative estimate of drug-likeness (QED) is 0.646. The van der Waals surface area contributed by atoms with Gasteiger partial charge in [-0.2, -0.15) is 0 Å². The lowest BCUT2D eigenvalue weighted by Crippen LogP contribution is -2.07. The first-order valence-electron chi connectivity index (χ1n) is 6.51. The van der Waals surface area contributed by atoms with Crippen molar-refractivity contribution in [3.63, 3.8) is 0 Å². The van der Waals surface area contributed by atoms with Crippen LogP contribution in [0.15, 0.2) is 42.5 Å². The number of carboxylic acid groups (broad SMARTS) is 1. The van der Waals surface area contributed by atoms with Crippen LogP contribution in [0.5, 0.6) is 5.75 Å². The largest absolute Gasteiger partial charge is 0.511 e. The van der Waals surface area contributed by atoms with Gasteiger partial charge in [0.25, 0.3) is 0 Å². The number of benzene rings is 2. The number of nitrogen functional groups attached to an aromatic ring is 1. The van der Waals surface area contributed by atoms with Crippen LogP contribution in [-0.4, -0.2) is 16.2 Å². The summed E-state index contributed by atoms with van der Waals surface area (Å²) in [5.41, 5.74) is 7.83. The van der Waals surface area contributed by atoms with E-state index < -0.39 is 6.16 Å². The predicted molar refractivity (Wildman–Crippen MR) is 90.3 cm³/mol. The number of fused-ring (bicyclic) bond motifs is 1. The van der Waals surface area contributed by atoms with Crippen LogP contribution in [0.2, 0.25) is 10.0 Å². The number of pyridine rings is 1. The van der Waals surface area contributed by atoms with E-state index >= 15 is 0 Å². The van der Waals surface area contributed by atoms with E-state index in [9.17, 15) is 4.79 Å². The van der Waals surface area contributed by atoms with Crippen molar-refractivity contribution < 1.29 is 14.6 Å². The molecule has 0 saturated heterocycles. The van der Waals surface area contributed by atoms with Crippen molar-refractivity contribution in [2.45, 2.75) is 0 Å². The molecule has 0 amide bonds. The highest BCUT2D eigenvalue weighted by Crippen LogP contribution is 2.39. The van der Waals surface area contributed by atoms with Gasteiger partial charge in [0.15, 0.2) is 5.75 Å². The number of nitrogens with zero attached hydrogens (tertiary/aromatic N) is 1. The molecule has 1 heterocycles. The SMILES string of the molecule is Nc1c(-c2ccc(Cl)cc2)nc2ccc(Cl)cc2c1OC(=O)O. The van der Waals surface area contributed by atoms with Crippen molar-refractivity contribution in [2.75, 3.05) is 5.73 Å². The Morgan fingerprint density at radius 1 is 1.09 bits per heavy atom. The van der Waals surface area contributed by atoms with Gasteiger partial charge in [0.2, 0.25) is 0 Å². The first-order valence-corrected chi connectivity index (χ1v) is 7.27. The van der Waals surface area contributed by atoms with Crippen LogP contribution in [0.1, 0.15) is 0 Å². The molecule has 0 aliphatic carbocycles. The fraction of sp³-hybridized carbons (Fsp3) is 0. The zero-order chi connectivity index (χ0) is 16.6. The molecule has 0 fully saturated rings. The van der Waals surface area contributed by atoms with Gasteiger partial charge in [-0.1, -0.05) is 35.3 Å². The van der Waals surface area contributed by atoms with Gasteiger partial charge in [0.1, 0.15) is 5.69 Å². The van der Waals surface area contributed by atoms with E-state index in [1.807, 2.05) is 0 Å². The maximum absolute atomic E-state index is 11.0. The average Bonchev–Trinajstić information content (AvgIpc) is 2.51. The molecule has 3 aromatic rings. The molecule has 3 N–H and O–H groups in total. The summed E-state index contributed by atoms with van der Waals surface area (Å²) < 4.78 is 4.87. The molecule has 0 bridgehead atoms. The van der Waals surface area contributed by atoms with Crippen molar-refractivity contribution >= 4 is 45.9 Å². The first-order chi connectivity index (χ1) is 11.0. The molecule has 0 aliphatic heterocycles. The van der Waals surface area contributed by atoms with Gasteiger partial charge in [0.05, 0.1) is 11.2 Å². The van der Waals surface area contributed by atoms with Crippen molar-refractivity contribution in [1.82, 2.24) is 4.98 Å². The molecular formula is C16H10Cl2N2O3. The summed E-state index contributed by atoms with van der Waals surface area (Å²) in [6.45, 7) is 0. The van der Waals surface area contributed by atoms with Crippen LogP contribution in [0.3, 0.4) is 0 Å². The van der Waals surface area contributed by atoms with Crippen LogP contribution in [-0.2, 0) is 0 Å². The van der Waals surface area contributed by atoms with Crippen molar-refractivity contribution in [2.24, 2.45) is 0 Å². The summed E-state index contributed by atoms with van der Waals surface area (Å²) in [7, 11) is 0. The number of nitrogens with two attached hydrogens (primary N) is 1. The van der Waals surface area contributed by atoms with Crippen LogP contribution in [0.4, 0.5) is 10.5 Å². The average molecular weight is 349 g/mol. The van der Waals surface area contributed by atoms with E-state index in [1.165, 1.54) is 0 Å². The molecule has 116 valence electrons. The van der Waals surface area contributed by atoms with Gasteiger partial charge in [-0.3, -0.25) is 0 Å². The lowest BCUT2D eigenvalue weighted by molar-refractivity contribution is 0.145. The lowest BCUT2D eigenvalue weighted by atomic mass is 10.1. The normalized spacial score (nSPS) is 10.7. The highest BCUT2D eigenvalue weighted by atomic mass is 35.5. The molecule has 0 spiro atoms. The third-order valence-corrected chi connectivity index (χ3v) is 3.73. The van der Waals surface area contributed by atoms with Crippen LogP contribution in [0, 0.1) is 0 Å². The number of aromatic nitrogens is 1. The molecule has 0 radical (unpaired) electrons. The van der Waals surface area contributed by atoms with Crippen molar-refractivity contribution in [1.29, 1.82) is 0 Å². The molecule has 3 rings (SSSR count). The van der Waals surface area contributed by atoms with E-state index in [1.54, 1.807) is 42.5 Å². The second kappa shape index (κ2) is 5.95. The number of rotatable bonds is 2. The fourth-order valence-corrected chi connectivity index (χ4v) is 2.54. The van der Waals surface area contributed by atoms with Crippen molar-refractivity contribution in [3.05, 3.63) is 52.5 Å². The van der Waals surface area contributed by atoms with Gasteiger partial charge in [-0.05, 0) is 30.3 Å². The van der Waals surface area contributed by atoms with Gasteiger partial charge in [-0.25, -0.2) is 9.78 Å². The van der Waals surface area contributed by atoms with Gasteiger partial charge < -0.3 is 15.6 Å². The highest BCUT2D eigenvalue weighted by molar-refractivity contribution is 6.31. The highest BCUT2D eigenvalue weighted by Gasteiger charge is 2.18. The Bertz CT molecular complexity index is 911. The van der Waals surface area contributed by atoms with Gasteiger partial charge in [0, 0.05) is 21.0 Å². The number of halogens is 2. The Labute approximate surface area is 141 Å². The summed E-state index contributed by atoms with van der Waals surface area (Å²) in [6, 6.07) is 11.8. The minimum absolute atomic E-state index is 0.00921. The van der Waals surface area contributed by atoms with E-state index in [0.29, 0.717) is 32.2 Å². The fourth-order valence-electron chi connectivity index (χ4n) is 2.25. The summed E-state index contributed by atoms with van der Waals surface area (Å²) >= 11 is 11.9. The second-order valence-corrected chi connectivity index (χ2v) is 5.61. The number of ether oxygens (including phenoxy) is 1. The maximum atomic E-state index is 11.0. The molecule has 23 heavy (non-hydrogen) atoms. The van der Waals surface area contributed by atoms with E-state index in [-0.39, 0.29) is 11.4 Å². The Morgan fingerprint density at radius 3 is 2.39 bits per heavy atom. The number of anilines is 1. The first kappa shape index (κ1) is 15.4. The summed E-state index contributed by atoms with van der Waals surface area (Å²) in [5.74, 6) is 0.00921. The maximum Gasteiger partial charge on any atom is 0.511 e. The third-order valence-electron chi connectivity index (χ3n) is 3.24. The smallest absolute Gasteiger partial charge is 0.449 e. The van der Waals surface area contributed by atoms with E-state index in [4.69, 9.17) is 38.8 Å². The molecule has 0 atom stereocenters. The summed E-state index contributed by atoms with van der Waals surface area (Å²) in [4.78, 5) is 15.5. The predicted octanol–water partition coefficient (Wildman–Crippen LogP) is 4.85. The molecular weight excluding hydrogens is 339 g/mol. The zero-order valence-corrected chi connectivity index (χ0v) is 13.1. The van der Waals surface area contributed by atoms with E-state index in [0.717, 1.165) is 0 Å². The third kappa shape index (κ3) is 3.02. The van der Waals surface area contributed by atoms with Gasteiger partial charge in [-0.15, -0.1) is 0 Å². The topological polar surface area (TPSA) is 85.4 Å². The Morgan fingerprint density at radius 2 is 1.74 bits per heavy atom. The molecule has 0 aliphatic rings. The Kier molecular flexibility index (Phi) is 3.98. The number of hydrogen-bond donors (Lipinski definition) is 2. The molecule has 7 heteroatoms. The summed E-state index contributed by atoms with van der Waals surface area (Å²) in [6.07, 6.45) is -1.47. The Hall–Kier alpha value is -2.50. The lowest BCUT2D eigenvalue weighted by Gasteiger charge is -2.13. The minimum atomic E-state index is -1.47. The Balaban J connectivity index is 2.31. The van der Waals surface area contributed by atoms with Gasteiger partial charge >= 0.3 is 6.16 Å². The molecule has 1 aromatic heterocycles.